The number of carbonyl (C=O) groups is 1. The summed E-state index contributed by atoms with van der Waals surface area (Å²) in [5, 5.41) is 3.49. The highest BCUT2D eigenvalue weighted by Crippen LogP contribution is 2.24. The number of benzene rings is 2. The second kappa shape index (κ2) is 9.15. The zero-order valence-electron chi connectivity index (χ0n) is 14.8. The SMILES string of the molecule is O=C(NCCc1ccccc1)C1CCCN(Cc2c(F)cccc2Cl)C1. The van der Waals surface area contributed by atoms with Crippen LogP contribution in [-0.2, 0) is 17.8 Å². The van der Waals surface area contributed by atoms with Crippen LogP contribution in [0.3, 0.4) is 0 Å². The molecule has 1 heterocycles. The number of hydrogen-bond acceptors (Lipinski definition) is 2. The Balaban J connectivity index is 1.50. The van der Waals surface area contributed by atoms with E-state index in [0.29, 0.717) is 30.2 Å². The molecule has 0 saturated carbocycles. The Morgan fingerprint density at radius 2 is 2.00 bits per heavy atom. The van der Waals surface area contributed by atoms with E-state index in [-0.39, 0.29) is 17.6 Å². The lowest BCUT2D eigenvalue weighted by molar-refractivity contribution is -0.126. The van der Waals surface area contributed by atoms with Crippen LogP contribution in [0, 0.1) is 11.7 Å². The summed E-state index contributed by atoms with van der Waals surface area (Å²) in [4.78, 5) is 14.6. The summed E-state index contributed by atoms with van der Waals surface area (Å²) in [5.74, 6) is -0.248. The van der Waals surface area contributed by atoms with E-state index in [1.54, 1.807) is 12.1 Å². The first-order chi connectivity index (χ1) is 12.6. The molecule has 138 valence electrons. The molecule has 3 rings (SSSR count). The largest absolute Gasteiger partial charge is 0.355 e. The molecule has 1 fully saturated rings. The molecule has 0 aromatic heterocycles. The number of hydrogen-bond donors (Lipinski definition) is 1. The van der Waals surface area contributed by atoms with Gasteiger partial charge < -0.3 is 5.32 Å². The van der Waals surface area contributed by atoms with Crippen molar-refractivity contribution in [2.24, 2.45) is 5.92 Å². The molecule has 26 heavy (non-hydrogen) atoms. The lowest BCUT2D eigenvalue weighted by atomic mass is 9.96. The number of halogens is 2. The fraction of sp³-hybridized carbons (Fsp3) is 0.381. The van der Waals surface area contributed by atoms with Crippen molar-refractivity contribution in [1.29, 1.82) is 0 Å². The number of piperidine rings is 1. The third kappa shape index (κ3) is 5.05. The molecule has 2 aromatic carbocycles. The van der Waals surface area contributed by atoms with Crippen molar-refractivity contribution in [2.45, 2.75) is 25.8 Å². The van der Waals surface area contributed by atoms with Crippen LogP contribution in [0.15, 0.2) is 48.5 Å². The highest BCUT2D eigenvalue weighted by Gasteiger charge is 2.26. The summed E-state index contributed by atoms with van der Waals surface area (Å²) >= 11 is 6.13. The number of nitrogens with one attached hydrogen (secondary N) is 1. The summed E-state index contributed by atoms with van der Waals surface area (Å²) in [7, 11) is 0. The van der Waals surface area contributed by atoms with Gasteiger partial charge in [0.2, 0.25) is 5.91 Å². The van der Waals surface area contributed by atoms with Gasteiger partial charge in [0.25, 0.3) is 0 Å². The topological polar surface area (TPSA) is 32.3 Å². The molecular weight excluding hydrogens is 351 g/mol. The maximum atomic E-state index is 14.0. The van der Waals surface area contributed by atoms with E-state index >= 15 is 0 Å². The molecule has 0 aliphatic carbocycles. The second-order valence-electron chi connectivity index (χ2n) is 6.80. The molecule has 0 spiro atoms. The number of nitrogens with zero attached hydrogens (tertiary/aromatic N) is 1. The zero-order valence-corrected chi connectivity index (χ0v) is 15.5. The number of rotatable bonds is 6. The van der Waals surface area contributed by atoms with Crippen LogP contribution in [0.4, 0.5) is 4.39 Å². The van der Waals surface area contributed by atoms with Crippen molar-refractivity contribution in [3.63, 3.8) is 0 Å². The molecule has 1 aliphatic heterocycles. The van der Waals surface area contributed by atoms with Gasteiger partial charge in [0, 0.05) is 30.2 Å². The van der Waals surface area contributed by atoms with Crippen LogP contribution in [0.5, 0.6) is 0 Å². The van der Waals surface area contributed by atoms with Gasteiger partial charge in [-0.15, -0.1) is 0 Å². The van der Waals surface area contributed by atoms with Crippen LogP contribution in [-0.4, -0.2) is 30.4 Å². The maximum absolute atomic E-state index is 14.0. The highest BCUT2D eigenvalue weighted by atomic mass is 35.5. The van der Waals surface area contributed by atoms with E-state index < -0.39 is 0 Å². The lowest BCUT2D eigenvalue weighted by Crippen LogP contribution is -2.43. The van der Waals surface area contributed by atoms with E-state index in [0.717, 1.165) is 25.8 Å². The predicted molar refractivity (Wildman–Crippen MR) is 103 cm³/mol. The van der Waals surface area contributed by atoms with Gasteiger partial charge in [-0.25, -0.2) is 4.39 Å². The summed E-state index contributed by atoms with van der Waals surface area (Å²) in [6.45, 7) is 2.58. The Morgan fingerprint density at radius 1 is 1.19 bits per heavy atom. The second-order valence-corrected chi connectivity index (χ2v) is 7.21. The van der Waals surface area contributed by atoms with Gasteiger partial charge in [-0.2, -0.15) is 0 Å². The van der Waals surface area contributed by atoms with Crippen LogP contribution < -0.4 is 5.32 Å². The molecule has 2 aromatic rings. The lowest BCUT2D eigenvalue weighted by Gasteiger charge is -2.32. The smallest absolute Gasteiger partial charge is 0.224 e. The molecule has 5 heteroatoms. The van der Waals surface area contributed by atoms with E-state index in [4.69, 9.17) is 11.6 Å². The molecule has 0 bridgehead atoms. The Bertz CT molecular complexity index is 718. The third-order valence-corrected chi connectivity index (χ3v) is 5.23. The Labute approximate surface area is 159 Å². The monoisotopic (exact) mass is 374 g/mol. The Hall–Kier alpha value is -1.91. The summed E-state index contributed by atoms with van der Waals surface area (Å²) in [6, 6.07) is 14.9. The van der Waals surface area contributed by atoms with Crippen molar-refractivity contribution in [1.82, 2.24) is 10.2 Å². The number of amides is 1. The minimum atomic E-state index is -0.285. The Morgan fingerprint density at radius 3 is 2.77 bits per heavy atom. The summed E-state index contributed by atoms with van der Waals surface area (Å²) < 4.78 is 14.0. The zero-order chi connectivity index (χ0) is 18.4. The molecule has 1 saturated heterocycles. The van der Waals surface area contributed by atoms with Crippen LogP contribution in [0.2, 0.25) is 5.02 Å². The first kappa shape index (κ1) is 18.9. The van der Waals surface area contributed by atoms with Gasteiger partial charge in [-0.3, -0.25) is 9.69 Å². The van der Waals surface area contributed by atoms with Gasteiger partial charge in [-0.1, -0.05) is 48.0 Å². The normalized spacial score (nSPS) is 17.8. The van der Waals surface area contributed by atoms with E-state index in [2.05, 4.69) is 22.3 Å². The van der Waals surface area contributed by atoms with Gasteiger partial charge in [0.1, 0.15) is 5.82 Å². The van der Waals surface area contributed by atoms with E-state index in [1.807, 2.05) is 18.2 Å². The average molecular weight is 375 g/mol. The van der Waals surface area contributed by atoms with Crippen LogP contribution in [0.1, 0.15) is 24.0 Å². The minimum Gasteiger partial charge on any atom is -0.355 e. The van der Waals surface area contributed by atoms with Crippen LogP contribution >= 0.6 is 11.6 Å². The fourth-order valence-electron chi connectivity index (χ4n) is 3.44. The first-order valence-electron chi connectivity index (χ1n) is 9.10. The van der Waals surface area contributed by atoms with Gasteiger partial charge >= 0.3 is 0 Å². The molecule has 1 atom stereocenters. The highest BCUT2D eigenvalue weighted by molar-refractivity contribution is 6.31. The molecule has 1 aliphatic rings. The summed E-state index contributed by atoms with van der Waals surface area (Å²) in [5.41, 5.74) is 1.73. The van der Waals surface area contributed by atoms with E-state index in [1.165, 1.54) is 11.6 Å². The standard InChI is InChI=1S/C21H24ClFN2O/c22-19-9-4-10-20(23)18(19)15-25-13-5-8-17(14-25)21(26)24-12-11-16-6-2-1-3-7-16/h1-4,6-7,9-10,17H,5,8,11-15H2,(H,24,26). The number of likely N-dealkylation sites (tertiary alicyclic amines) is 1. The predicted octanol–water partition coefficient (Wildman–Crippen LogP) is 4.05. The minimum absolute atomic E-state index is 0.0509. The van der Waals surface area contributed by atoms with Crippen molar-refractivity contribution in [3.05, 3.63) is 70.5 Å². The molecule has 1 N–H and O–H groups in total. The van der Waals surface area contributed by atoms with Crippen LogP contribution in [0.25, 0.3) is 0 Å². The molecular formula is C21H24ClFN2O. The quantitative estimate of drug-likeness (QED) is 0.827. The van der Waals surface area contributed by atoms with Gasteiger partial charge in [-0.05, 0) is 43.5 Å². The molecule has 0 radical (unpaired) electrons. The first-order valence-corrected chi connectivity index (χ1v) is 9.48. The maximum Gasteiger partial charge on any atom is 0.224 e. The molecule has 1 unspecified atom stereocenters. The molecule has 3 nitrogen and oxygen atoms in total. The van der Waals surface area contributed by atoms with Gasteiger partial charge in [0.15, 0.2) is 0 Å². The van der Waals surface area contributed by atoms with Crippen molar-refractivity contribution >= 4 is 17.5 Å². The third-order valence-electron chi connectivity index (χ3n) is 4.88. The van der Waals surface area contributed by atoms with Crippen molar-refractivity contribution in [2.75, 3.05) is 19.6 Å². The Kier molecular flexibility index (Phi) is 6.64. The van der Waals surface area contributed by atoms with Crippen molar-refractivity contribution < 1.29 is 9.18 Å². The average Bonchev–Trinajstić information content (AvgIpc) is 2.66. The van der Waals surface area contributed by atoms with Gasteiger partial charge in [0.05, 0.1) is 5.92 Å². The number of carbonyl (C=O) groups excluding carboxylic acids is 1. The molecule has 1 amide bonds. The summed E-state index contributed by atoms with van der Waals surface area (Å²) in [6.07, 6.45) is 2.63. The van der Waals surface area contributed by atoms with E-state index in [9.17, 15) is 9.18 Å². The fourth-order valence-corrected chi connectivity index (χ4v) is 3.66. The van der Waals surface area contributed by atoms with Crippen molar-refractivity contribution in [3.8, 4) is 0 Å².